The predicted molar refractivity (Wildman–Crippen MR) is 120 cm³/mol. The van der Waals surface area contributed by atoms with Crippen LogP contribution >= 0.6 is 11.3 Å². The number of amides is 1. The first-order valence-corrected chi connectivity index (χ1v) is 12.1. The number of benzene rings is 2. The van der Waals surface area contributed by atoms with E-state index in [9.17, 15) is 18.9 Å². The van der Waals surface area contributed by atoms with E-state index < -0.39 is 22.9 Å². The van der Waals surface area contributed by atoms with Crippen molar-refractivity contribution in [3.05, 3.63) is 70.8 Å². The molecule has 2 heterocycles. The Labute approximate surface area is 185 Å². The predicted octanol–water partition coefficient (Wildman–Crippen LogP) is 4.86. The van der Waals surface area contributed by atoms with E-state index in [1.54, 1.807) is 0 Å². The van der Waals surface area contributed by atoms with Crippen molar-refractivity contribution in [3.63, 3.8) is 0 Å². The van der Waals surface area contributed by atoms with Gasteiger partial charge in [0.05, 0.1) is 20.6 Å². The number of hydrogen-bond donors (Lipinski definition) is 2. The topological polar surface area (TPSA) is 92.7 Å². The van der Waals surface area contributed by atoms with Crippen molar-refractivity contribution < 1.29 is 23.6 Å². The van der Waals surface area contributed by atoms with Gasteiger partial charge in [-0.2, -0.15) is 0 Å². The largest absolute Gasteiger partial charge is 0.478 e. The first kappa shape index (κ1) is 20.0. The Balaban J connectivity index is 1.36. The van der Waals surface area contributed by atoms with Gasteiger partial charge < -0.3 is 9.84 Å². The summed E-state index contributed by atoms with van der Waals surface area (Å²) in [6, 6.07) is 16.1. The van der Waals surface area contributed by atoms with Crippen molar-refractivity contribution in [2.24, 2.45) is 0 Å². The number of rotatable bonds is 4. The molecule has 1 amide bonds. The molecule has 1 aromatic heterocycles. The Morgan fingerprint density at radius 2 is 1.74 bits per heavy atom. The number of carboxylic acid groups (broad SMARTS) is 1. The summed E-state index contributed by atoms with van der Waals surface area (Å²) >= 11 is 1.07. The number of carbonyl (C=O) groups is 2. The summed E-state index contributed by atoms with van der Waals surface area (Å²) in [7, 11) is -1.23. The third kappa shape index (κ3) is 3.45. The van der Waals surface area contributed by atoms with Gasteiger partial charge in [0.2, 0.25) is 0 Å². The third-order valence-corrected chi connectivity index (χ3v) is 8.78. The van der Waals surface area contributed by atoms with Crippen LogP contribution in [0, 0.1) is 0 Å². The molecule has 0 saturated heterocycles. The molecule has 158 valence electrons. The molecule has 31 heavy (non-hydrogen) atoms. The zero-order valence-corrected chi connectivity index (χ0v) is 18.1. The maximum atomic E-state index is 12.6. The van der Waals surface area contributed by atoms with E-state index in [1.807, 2.05) is 36.4 Å². The van der Waals surface area contributed by atoms with E-state index >= 15 is 0 Å². The van der Waals surface area contributed by atoms with Crippen LogP contribution in [0.4, 0.5) is 9.80 Å². The van der Waals surface area contributed by atoms with Crippen LogP contribution in [0.25, 0.3) is 11.1 Å². The molecule has 0 fully saturated rings. The van der Waals surface area contributed by atoms with Gasteiger partial charge >= 0.3 is 12.1 Å². The molecular weight excluding hydrogens is 434 g/mol. The average Bonchev–Trinajstić information content (AvgIpc) is 3.29. The number of anilines is 1. The van der Waals surface area contributed by atoms with Crippen LogP contribution in [0.3, 0.4) is 0 Å². The lowest BCUT2D eigenvalue weighted by Crippen LogP contribution is -2.19. The molecular formula is C23H19NO5S2. The van der Waals surface area contributed by atoms with Crippen molar-refractivity contribution in [1.29, 1.82) is 0 Å². The Hall–Kier alpha value is -2.97. The number of fused-ring (bicyclic) bond motifs is 4. The summed E-state index contributed by atoms with van der Waals surface area (Å²) in [4.78, 5) is 24.4. The molecule has 1 aliphatic carbocycles. The second kappa shape index (κ2) is 7.94. The third-order valence-electron chi connectivity index (χ3n) is 5.71. The van der Waals surface area contributed by atoms with Crippen molar-refractivity contribution >= 4 is 39.2 Å². The van der Waals surface area contributed by atoms with Crippen molar-refractivity contribution in [1.82, 2.24) is 0 Å². The van der Waals surface area contributed by atoms with Crippen LogP contribution in [0.2, 0.25) is 0 Å². The van der Waals surface area contributed by atoms with Gasteiger partial charge in [-0.1, -0.05) is 48.5 Å². The maximum absolute atomic E-state index is 12.6. The molecule has 5 rings (SSSR count). The lowest BCUT2D eigenvalue weighted by Gasteiger charge is -2.14. The highest BCUT2D eigenvalue weighted by Gasteiger charge is 2.31. The van der Waals surface area contributed by atoms with Gasteiger partial charge in [-0.05, 0) is 40.7 Å². The number of ether oxygens (including phenoxy) is 1. The Morgan fingerprint density at radius 1 is 1.10 bits per heavy atom. The number of aromatic carboxylic acids is 1. The molecule has 0 radical (unpaired) electrons. The highest BCUT2D eigenvalue weighted by Crippen LogP contribution is 2.44. The minimum absolute atomic E-state index is 0.0292. The van der Waals surface area contributed by atoms with E-state index in [1.165, 1.54) is 0 Å². The van der Waals surface area contributed by atoms with Gasteiger partial charge in [-0.3, -0.25) is 9.53 Å². The van der Waals surface area contributed by atoms with E-state index in [0.29, 0.717) is 28.4 Å². The summed E-state index contributed by atoms with van der Waals surface area (Å²) in [5.74, 6) is -0.705. The molecule has 0 saturated carbocycles. The van der Waals surface area contributed by atoms with Gasteiger partial charge in [0, 0.05) is 11.7 Å². The zero-order chi connectivity index (χ0) is 21.5. The number of hydrogen-bond acceptors (Lipinski definition) is 5. The fraction of sp³-hybridized carbons (Fsp3) is 0.217. The second-order valence-electron chi connectivity index (χ2n) is 7.48. The van der Waals surface area contributed by atoms with Crippen LogP contribution in [0.5, 0.6) is 0 Å². The smallest absolute Gasteiger partial charge is 0.412 e. The monoisotopic (exact) mass is 453 g/mol. The van der Waals surface area contributed by atoms with Gasteiger partial charge in [-0.15, -0.1) is 11.3 Å². The van der Waals surface area contributed by atoms with Gasteiger partial charge in [0.25, 0.3) is 0 Å². The number of carboxylic acids is 1. The summed E-state index contributed by atoms with van der Waals surface area (Å²) in [5.41, 5.74) is 5.06. The van der Waals surface area contributed by atoms with E-state index in [0.717, 1.165) is 33.6 Å². The number of nitrogens with one attached hydrogen (secondary N) is 1. The van der Waals surface area contributed by atoms with E-state index in [4.69, 9.17) is 4.74 Å². The lowest BCUT2D eigenvalue weighted by molar-refractivity contribution is 0.0697. The van der Waals surface area contributed by atoms with Gasteiger partial charge in [0.15, 0.2) is 0 Å². The first-order chi connectivity index (χ1) is 15.0. The molecule has 2 aliphatic rings. The highest BCUT2D eigenvalue weighted by molar-refractivity contribution is 7.87. The zero-order valence-electron chi connectivity index (χ0n) is 16.4. The Kier molecular flexibility index (Phi) is 5.11. The molecule has 1 aliphatic heterocycles. The van der Waals surface area contributed by atoms with E-state index in [2.05, 4.69) is 17.4 Å². The molecule has 6 nitrogen and oxygen atoms in total. The Morgan fingerprint density at radius 3 is 2.39 bits per heavy atom. The first-order valence-electron chi connectivity index (χ1n) is 9.94. The lowest BCUT2D eigenvalue weighted by atomic mass is 9.98. The summed E-state index contributed by atoms with van der Waals surface area (Å²) in [6.07, 6.45) is 0.501. The van der Waals surface area contributed by atoms with Crippen molar-refractivity contribution in [2.45, 2.75) is 23.0 Å². The average molecular weight is 454 g/mol. The van der Waals surface area contributed by atoms with E-state index in [-0.39, 0.29) is 23.1 Å². The molecule has 2 aromatic carbocycles. The summed E-state index contributed by atoms with van der Waals surface area (Å²) < 4.78 is 18.3. The van der Waals surface area contributed by atoms with Crippen molar-refractivity contribution in [2.75, 3.05) is 17.7 Å². The Bertz CT molecular complexity index is 1190. The fourth-order valence-electron chi connectivity index (χ4n) is 4.37. The number of carbonyl (C=O) groups excluding carboxylic acids is 1. The summed E-state index contributed by atoms with van der Waals surface area (Å²) in [6.45, 7) is 0.138. The quantitative estimate of drug-likeness (QED) is 0.588. The van der Waals surface area contributed by atoms with Crippen LogP contribution in [0.15, 0.2) is 52.7 Å². The van der Waals surface area contributed by atoms with Crippen LogP contribution < -0.4 is 5.32 Å². The number of thiophene rings is 1. The molecule has 2 N–H and O–H groups in total. The fourth-order valence-corrected chi connectivity index (χ4v) is 7.27. The SMILES string of the molecule is O=C(Nc1sc2c(c1C(=O)O)CCCS2=O)OCC1c2ccccc2-c2ccccc21. The molecule has 0 spiro atoms. The summed E-state index contributed by atoms with van der Waals surface area (Å²) in [5, 5.41) is 12.4. The van der Waals surface area contributed by atoms with Gasteiger partial charge in [-0.25, -0.2) is 9.59 Å². The molecule has 8 heteroatoms. The van der Waals surface area contributed by atoms with Crippen molar-refractivity contribution in [3.8, 4) is 11.1 Å². The van der Waals surface area contributed by atoms with Gasteiger partial charge in [0.1, 0.15) is 11.6 Å². The maximum Gasteiger partial charge on any atom is 0.412 e. The normalized spacial score (nSPS) is 16.8. The molecule has 0 bridgehead atoms. The standard InChI is InChI=1S/C23H19NO5S2/c25-21(26)19-17-10-5-11-31(28)22(17)30-20(19)24-23(27)29-12-18-15-8-3-1-6-13(15)14-7-2-4-9-16(14)18/h1-4,6-9,18H,5,10-12H2,(H,24,27)(H,25,26). The highest BCUT2D eigenvalue weighted by atomic mass is 32.2. The molecule has 1 unspecified atom stereocenters. The van der Waals surface area contributed by atoms with Crippen LogP contribution in [-0.4, -0.2) is 33.7 Å². The molecule has 3 aromatic rings. The van der Waals surface area contributed by atoms with Crippen LogP contribution in [-0.2, 0) is 22.0 Å². The minimum Gasteiger partial charge on any atom is -0.478 e. The second-order valence-corrected chi connectivity index (χ2v) is 10.3. The molecule has 1 atom stereocenters. The minimum atomic E-state index is -1.23. The van der Waals surface area contributed by atoms with Crippen LogP contribution in [0.1, 0.15) is 39.4 Å².